The number of ether oxygens (including phenoxy) is 3. The molecule has 1 aliphatic heterocycles. The van der Waals surface area contributed by atoms with E-state index in [-0.39, 0.29) is 41.0 Å². The monoisotopic (exact) mass is 557 g/mol. The molecule has 0 aromatic heterocycles. The molecule has 0 bridgehead atoms. The van der Waals surface area contributed by atoms with Crippen LogP contribution in [0.1, 0.15) is 68.8 Å². The highest BCUT2D eigenvalue weighted by atomic mass is 16.6. The van der Waals surface area contributed by atoms with Crippen LogP contribution in [0.15, 0.2) is 18.2 Å². The molecule has 2 aliphatic carbocycles. The van der Waals surface area contributed by atoms with E-state index in [1.165, 1.54) is 25.3 Å². The molecule has 1 fully saturated rings. The normalized spacial score (nSPS) is 29.4. The first-order valence-electron chi connectivity index (χ1n) is 12.9. The number of aromatic hydroxyl groups is 2. The van der Waals surface area contributed by atoms with Crippen molar-refractivity contribution in [3.8, 4) is 17.2 Å². The summed E-state index contributed by atoms with van der Waals surface area (Å²) in [6.07, 6.45) is -4.06. The number of phenols is 2. The number of Topliss-reactive ketones (excluding diaryl/α,β-unsaturated/α-hetero) is 1. The molecule has 2 aromatic carbocycles. The van der Waals surface area contributed by atoms with Gasteiger partial charge in [-0.15, -0.1) is 0 Å². The summed E-state index contributed by atoms with van der Waals surface area (Å²) in [6.45, 7) is 0.506. The number of benzene rings is 2. The summed E-state index contributed by atoms with van der Waals surface area (Å²) in [6, 6.07) is 3.79. The topological polar surface area (TPSA) is 206 Å². The van der Waals surface area contributed by atoms with Crippen LogP contribution in [-0.4, -0.2) is 93.2 Å². The second-order valence-corrected chi connectivity index (χ2v) is 10.5. The summed E-state index contributed by atoms with van der Waals surface area (Å²) in [5.41, 5.74) is 2.54. The van der Waals surface area contributed by atoms with Crippen LogP contribution >= 0.6 is 0 Å². The lowest BCUT2D eigenvalue weighted by Gasteiger charge is -2.40. The van der Waals surface area contributed by atoms with Crippen LogP contribution in [0.3, 0.4) is 0 Å². The van der Waals surface area contributed by atoms with Gasteiger partial charge >= 0.3 is 0 Å². The second kappa shape index (κ2) is 10.2. The minimum absolute atomic E-state index is 0.0427. The first kappa shape index (κ1) is 28.1. The van der Waals surface area contributed by atoms with Gasteiger partial charge < -0.3 is 45.5 Å². The third-order valence-corrected chi connectivity index (χ3v) is 8.08. The number of ketones is 3. The molecule has 1 heterocycles. The van der Waals surface area contributed by atoms with Crippen molar-refractivity contribution in [1.29, 1.82) is 0 Å². The Labute approximate surface area is 228 Å². The average Bonchev–Trinajstić information content (AvgIpc) is 2.93. The molecule has 2 aromatic rings. The van der Waals surface area contributed by atoms with E-state index in [2.05, 4.69) is 0 Å². The lowest BCUT2D eigenvalue weighted by atomic mass is 9.72. The lowest BCUT2D eigenvalue weighted by Crippen LogP contribution is -2.52. The number of hydrogen-bond acceptors (Lipinski definition) is 12. The molecule has 0 saturated carbocycles. The van der Waals surface area contributed by atoms with Crippen molar-refractivity contribution < 1.29 is 54.1 Å². The number of phenolic OH excluding ortho intramolecular Hbond substituents is 2. The highest BCUT2D eigenvalue weighted by Crippen LogP contribution is 2.52. The van der Waals surface area contributed by atoms with Gasteiger partial charge in [0.1, 0.15) is 29.5 Å². The van der Waals surface area contributed by atoms with Crippen molar-refractivity contribution in [3.05, 3.63) is 51.6 Å². The summed E-state index contributed by atoms with van der Waals surface area (Å²) in [5.74, 6) is -3.67. The number of fused-ring (bicyclic) bond motifs is 3. The molecule has 40 heavy (non-hydrogen) atoms. The Morgan fingerprint density at radius 3 is 2.50 bits per heavy atom. The van der Waals surface area contributed by atoms with E-state index in [0.717, 1.165) is 0 Å². The second-order valence-electron chi connectivity index (χ2n) is 10.5. The first-order chi connectivity index (χ1) is 18.9. The van der Waals surface area contributed by atoms with Crippen LogP contribution in [-0.2, 0) is 20.7 Å². The molecule has 12 heteroatoms. The van der Waals surface area contributed by atoms with Crippen molar-refractivity contribution in [2.45, 2.75) is 62.2 Å². The number of aliphatic hydroxyl groups excluding tert-OH is 2. The minimum Gasteiger partial charge on any atom is -0.507 e. The Balaban J connectivity index is 1.62. The number of methoxy groups -OCH3 is 1. The van der Waals surface area contributed by atoms with Gasteiger partial charge in [-0.3, -0.25) is 14.4 Å². The summed E-state index contributed by atoms with van der Waals surface area (Å²) in [4.78, 5) is 39.8. The summed E-state index contributed by atoms with van der Waals surface area (Å²) in [7, 11) is 1.33. The van der Waals surface area contributed by atoms with Crippen molar-refractivity contribution in [1.82, 2.24) is 0 Å². The van der Waals surface area contributed by atoms with Crippen LogP contribution in [0.2, 0.25) is 0 Å². The third kappa shape index (κ3) is 4.28. The van der Waals surface area contributed by atoms with Crippen molar-refractivity contribution in [2.24, 2.45) is 5.73 Å². The molecule has 214 valence electrons. The number of nitrogens with two attached hydrogens (primary N) is 1. The van der Waals surface area contributed by atoms with Crippen molar-refractivity contribution in [2.75, 3.05) is 20.3 Å². The SMILES string of the molecule is COc1cccc2c1C(=O)c1c(O)c3c(c(O)c1C2=O)C[C@@](O)(C(=O)CO)C[C@@H]3OCC1CC(N)C(O)C(C)O1. The zero-order valence-corrected chi connectivity index (χ0v) is 21.9. The molecule has 7 N–H and O–H groups in total. The zero-order chi connectivity index (χ0) is 29.1. The van der Waals surface area contributed by atoms with Crippen LogP contribution in [0, 0.1) is 0 Å². The quantitative estimate of drug-likeness (QED) is 0.222. The number of aliphatic hydroxyl groups is 3. The largest absolute Gasteiger partial charge is 0.507 e. The Bertz CT molecular complexity index is 1390. The minimum atomic E-state index is -2.21. The van der Waals surface area contributed by atoms with E-state index < -0.39 is 95.5 Å². The molecular weight excluding hydrogens is 526 g/mol. The molecule has 4 unspecified atom stereocenters. The number of carbonyl (C=O) groups excluding carboxylic acids is 3. The van der Waals surface area contributed by atoms with Crippen molar-refractivity contribution in [3.63, 3.8) is 0 Å². The summed E-state index contributed by atoms with van der Waals surface area (Å²) >= 11 is 0. The number of carbonyl (C=O) groups is 3. The van der Waals surface area contributed by atoms with Gasteiger partial charge in [0.05, 0.1) is 54.8 Å². The fourth-order valence-electron chi connectivity index (χ4n) is 5.98. The van der Waals surface area contributed by atoms with Crippen LogP contribution < -0.4 is 10.5 Å². The first-order valence-corrected chi connectivity index (χ1v) is 12.9. The molecular formula is C28H31NO11. The zero-order valence-electron chi connectivity index (χ0n) is 21.9. The van der Waals surface area contributed by atoms with Gasteiger partial charge in [0.2, 0.25) is 5.78 Å². The summed E-state index contributed by atoms with van der Waals surface area (Å²) in [5, 5.41) is 53.7. The molecule has 1 saturated heterocycles. The maximum atomic E-state index is 13.7. The molecule has 0 radical (unpaired) electrons. The lowest BCUT2D eigenvalue weighted by molar-refractivity contribution is -0.159. The van der Waals surface area contributed by atoms with Gasteiger partial charge in [0.25, 0.3) is 0 Å². The van der Waals surface area contributed by atoms with E-state index in [4.69, 9.17) is 19.9 Å². The third-order valence-electron chi connectivity index (χ3n) is 8.08. The van der Waals surface area contributed by atoms with E-state index in [1.54, 1.807) is 6.92 Å². The maximum absolute atomic E-state index is 13.7. The van der Waals surface area contributed by atoms with Gasteiger partial charge in [-0.25, -0.2) is 0 Å². The smallest absolute Gasteiger partial charge is 0.202 e. The average molecular weight is 558 g/mol. The fourth-order valence-corrected chi connectivity index (χ4v) is 5.98. The van der Waals surface area contributed by atoms with Crippen LogP contribution in [0.25, 0.3) is 0 Å². The highest BCUT2D eigenvalue weighted by Gasteiger charge is 2.49. The predicted octanol–water partition coefficient (Wildman–Crippen LogP) is 0.0438. The van der Waals surface area contributed by atoms with Gasteiger partial charge in [0, 0.05) is 35.6 Å². The van der Waals surface area contributed by atoms with E-state index in [9.17, 15) is 39.9 Å². The summed E-state index contributed by atoms with van der Waals surface area (Å²) < 4.78 is 17.1. The maximum Gasteiger partial charge on any atom is 0.202 e. The predicted molar refractivity (Wildman–Crippen MR) is 137 cm³/mol. The number of rotatable bonds is 6. The highest BCUT2D eigenvalue weighted by molar-refractivity contribution is 6.31. The van der Waals surface area contributed by atoms with Gasteiger partial charge in [-0.1, -0.05) is 12.1 Å². The fraction of sp³-hybridized carbons (Fsp3) is 0.464. The number of hydrogen-bond donors (Lipinski definition) is 6. The van der Waals surface area contributed by atoms with Crippen LogP contribution in [0.4, 0.5) is 0 Å². The standard InChI is InChI=1S/C28H31NO11/c1-11-23(32)15(29)6-12(40-11)10-39-17-8-28(37,18(31)9-30)7-14-20(17)27(36)22-21(25(14)34)24(33)13-4-3-5-16(38-2)19(13)26(22)35/h3-5,11-12,15,17,23,30,32,34,36-37H,6-10,29H2,1-2H3/t11?,12?,15?,17-,23?,28-/m0/s1. The van der Waals surface area contributed by atoms with Crippen molar-refractivity contribution >= 4 is 17.3 Å². The Morgan fingerprint density at radius 2 is 1.85 bits per heavy atom. The molecule has 0 spiro atoms. The van der Waals surface area contributed by atoms with Crippen LogP contribution in [0.5, 0.6) is 17.2 Å². The molecule has 0 amide bonds. The molecule has 3 aliphatic rings. The molecule has 5 rings (SSSR count). The van der Waals surface area contributed by atoms with E-state index in [0.29, 0.717) is 0 Å². The molecule has 6 atom stereocenters. The van der Waals surface area contributed by atoms with E-state index in [1.807, 2.05) is 0 Å². The molecule has 12 nitrogen and oxygen atoms in total. The Kier molecular flexibility index (Phi) is 7.19. The van der Waals surface area contributed by atoms with Gasteiger partial charge in [0.15, 0.2) is 11.6 Å². The van der Waals surface area contributed by atoms with E-state index >= 15 is 0 Å². The van der Waals surface area contributed by atoms with Gasteiger partial charge in [-0.05, 0) is 19.4 Å². The Hall–Kier alpha value is -3.39. The van der Waals surface area contributed by atoms with Gasteiger partial charge in [-0.2, -0.15) is 0 Å². The Morgan fingerprint density at radius 1 is 1.15 bits per heavy atom.